The average Bonchev–Trinajstić information content (AvgIpc) is 1.69. The van der Waals surface area contributed by atoms with E-state index in [4.69, 9.17) is 0 Å². The Kier molecular flexibility index (Phi) is 30.3. The topological polar surface area (TPSA) is 23.1 Å². The Labute approximate surface area is 90.8 Å². The van der Waals surface area contributed by atoms with Crippen molar-refractivity contribution in [3.63, 3.8) is 0 Å². The molecule has 9 heavy (non-hydrogen) atoms. The van der Waals surface area contributed by atoms with Crippen molar-refractivity contribution >= 4 is 23.1 Å². The van der Waals surface area contributed by atoms with Gasteiger partial charge in [-0.3, -0.25) is 0 Å². The Morgan fingerprint density at radius 3 is 2.00 bits per heavy atom. The summed E-state index contributed by atoms with van der Waals surface area (Å²) in [7, 11) is 0. The summed E-state index contributed by atoms with van der Waals surface area (Å²) in [4.78, 5) is 0. The van der Waals surface area contributed by atoms with Crippen molar-refractivity contribution in [1.29, 1.82) is 0 Å². The van der Waals surface area contributed by atoms with E-state index in [1.165, 1.54) is 12.8 Å². The molecule has 1 nitrogen and oxygen atoms in total. The van der Waals surface area contributed by atoms with Gasteiger partial charge in [-0.05, 0) is 0 Å². The van der Waals surface area contributed by atoms with E-state index < -0.39 is 0 Å². The van der Waals surface area contributed by atoms with Gasteiger partial charge in [0.2, 0.25) is 0 Å². The van der Waals surface area contributed by atoms with E-state index in [1.54, 1.807) is 0 Å². The molecule has 0 amide bonds. The standard InChI is InChI=1S/C6H13O.HI.Mg/c1-2-3-4-5-6-7;;/h2-6H2,1H3;1H;/q-1;;+2/p-1. The van der Waals surface area contributed by atoms with Gasteiger partial charge in [-0.1, -0.05) is 32.6 Å². The fourth-order valence-electron chi connectivity index (χ4n) is 0.529. The van der Waals surface area contributed by atoms with E-state index in [0.29, 0.717) is 0 Å². The second kappa shape index (κ2) is 16.2. The molecule has 0 rings (SSSR count). The summed E-state index contributed by atoms with van der Waals surface area (Å²) in [6.07, 6.45) is 4.44. The fraction of sp³-hybridized carbons (Fsp3) is 1.00. The van der Waals surface area contributed by atoms with Crippen LogP contribution in [0.25, 0.3) is 0 Å². The molecular formula is C6H13IMgO. The molecule has 0 aliphatic rings. The van der Waals surface area contributed by atoms with Crippen molar-refractivity contribution in [1.82, 2.24) is 0 Å². The van der Waals surface area contributed by atoms with E-state index in [0.717, 1.165) is 12.8 Å². The molecular weight excluding hydrogens is 239 g/mol. The summed E-state index contributed by atoms with van der Waals surface area (Å²) in [5.74, 6) is 0. The van der Waals surface area contributed by atoms with Crippen LogP contribution in [0.1, 0.15) is 32.6 Å². The molecule has 0 bridgehead atoms. The van der Waals surface area contributed by atoms with Crippen molar-refractivity contribution in [2.45, 2.75) is 32.6 Å². The summed E-state index contributed by atoms with van der Waals surface area (Å²) in [6.45, 7) is 2.25. The summed E-state index contributed by atoms with van der Waals surface area (Å²) in [5, 5.41) is 9.80. The molecule has 0 aromatic carbocycles. The third kappa shape index (κ3) is 17.7. The Morgan fingerprint density at radius 1 is 1.11 bits per heavy atom. The molecule has 0 aromatic rings. The zero-order valence-corrected chi connectivity index (χ0v) is 9.60. The van der Waals surface area contributed by atoms with E-state index in [9.17, 15) is 5.11 Å². The van der Waals surface area contributed by atoms with Gasteiger partial charge in [0.15, 0.2) is 0 Å². The van der Waals surface area contributed by atoms with E-state index in [1.807, 2.05) is 0 Å². The maximum atomic E-state index is 9.80. The second-order valence-corrected chi connectivity index (χ2v) is 1.76. The summed E-state index contributed by atoms with van der Waals surface area (Å²) in [5.41, 5.74) is 0. The monoisotopic (exact) mass is 252 g/mol. The summed E-state index contributed by atoms with van der Waals surface area (Å²) >= 11 is 0. The normalized spacial score (nSPS) is 7.33. The van der Waals surface area contributed by atoms with Gasteiger partial charge in [0, 0.05) is 0 Å². The van der Waals surface area contributed by atoms with E-state index in [2.05, 4.69) is 6.92 Å². The zero-order valence-electron chi connectivity index (χ0n) is 6.03. The zero-order chi connectivity index (χ0) is 5.54. The van der Waals surface area contributed by atoms with Crippen LogP contribution in [0.15, 0.2) is 0 Å². The first-order valence-corrected chi connectivity index (χ1v) is 3.00. The van der Waals surface area contributed by atoms with Crippen LogP contribution < -0.4 is 29.1 Å². The third-order valence-corrected chi connectivity index (χ3v) is 0.998. The molecule has 0 aromatic heterocycles. The third-order valence-electron chi connectivity index (χ3n) is 0.998. The molecule has 0 heterocycles. The van der Waals surface area contributed by atoms with Gasteiger partial charge in [-0.15, -0.1) is 6.61 Å². The van der Waals surface area contributed by atoms with Crippen molar-refractivity contribution < 1.29 is 29.1 Å². The molecule has 52 valence electrons. The molecule has 0 radical (unpaired) electrons. The minimum Gasteiger partial charge on any atom is -1.00 e. The number of halogens is 1. The molecule has 0 fully saturated rings. The van der Waals surface area contributed by atoms with E-state index in [-0.39, 0.29) is 53.6 Å². The minimum atomic E-state index is 0. The number of hydrogen-bond donors (Lipinski definition) is 0. The van der Waals surface area contributed by atoms with Crippen LogP contribution in [-0.4, -0.2) is 29.7 Å². The Hall–Kier alpha value is 1.46. The molecule has 0 aliphatic heterocycles. The van der Waals surface area contributed by atoms with Gasteiger partial charge in [0.1, 0.15) is 0 Å². The molecule has 0 saturated heterocycles. The van der Waals surface area contributed by atoms with Gasteiger partial charge < -0.3 is 29.1 Å². The molecule has 0 aliphatic carbocycles. The summed E-state index contributed by atoms with van der Waals surface area (Å²) in [6, 6.07) is 0. The Morgan fingerprint density at radius 2 is 1.67 bits per heavy atom. The number of rotatable bonds is 4. The van der Waals surface area contributed by atoms with Crippen LogP contribution in [-0.2, 0) is 0 Å². The van der Waals surface area contributed by atoms with Crippen LogP contribution in [0.2, 0.25) is 0 Å². The Balaban J connectivity index is -0.000000180. The van der Waals surface area contributed by atoms with Crippen molar-refractivity contribution in [3.05, 3.63) is 0 Å². The molecule has 0 atom stereocenters. The molecule has 0 saturated carbocycles. The summed E-state index contributed by atoms with van der Waals surface area (Å²) < 4.78 is 0. The van der Waals surface area contributed by atoms with Crippen molar-refractivity contribution in [3.8, 4) is 0 Å². The van der Waals surface area contributed by atoms with Crippen molar-refractivity contribution in [2.75, 3.05) is 6.61 Å². The molecule has 0 N–H and O–H groups in total. The van der Waals surface area contributed by atoms with Gasteiger partial charge in [-0.25, -0.2) is 0 Å². The van der Waals surface area contributed by atoms with Crippen molar-refractivity contribution in [2.24, 2.45) is 0 Å². The van der Waals surface area contributed by atoms with Crippen LogP contribution in [0, 0.1) is 0 Å². The minimum absolute atomic E-state index is 0. The largest absolute Gasteiger partial charge is 2.00 e. The van der Waals surface area contributed by atoms with Gasteiger partial charge in [-0.2, -0.15) is 0 Å². The maximum absolute atomic E-state index is 9.80. The van der Waals surface area contributed by atoms with Crippen LogP contribution in [0.5, 0.6) is 0 Å². The van der Waals surface area contributed by atoms with Crippen LogP contribution >= 0.6 is 0 Å². The smallest absolute Gasteiger partial charge is 1.00 e. The first-order chi connectivity index (χ1) is 3.41. The number of unbranched alkanes of at least 4 members (excludes halogenated alkanes) is 3. The molecule has 0 spiro atoms. The van der Waals surface area contributed by atoms with Gasteiger partial charge in [0.05, 0.1) is 0 Å². The maximum Gasteiger partial charge on any atom is 2.00 e. The quantitative estimate of drug-likeness (QED) is 0.309. The first-order valence-electron chi connectivity index (χ1n) is 3.00. The van der Waals surface area contributed by atoms with Crippen LogP contribution in [0.3, 0.4) is 0 Å². The second-order valence-electron chi connectivity index (χ2n) is 1.76. The first kappa shape index (κ1) is 16.8. The van der Waals surface area contributed by atoms with Gasteiger partial charge in [0.25, 0.3) is 0 Å². The van der Waals surface area contributed by atoms with Gasteiger partial charge >= 0.3 is 23.1 Å². The molecule has 0 unspecified atom stereocenters. The Bertz CT molecular complexity index is 32.2. The van der Waals surface area contributed by atoms with E-state index >= 15 is 0 Å². The SMILES string of the molecule is CCCCCC[O-].[I-].[Mg+2]. The predicted octanol–water partition coefficient (Wildman–Crippen LogP) is -2.45. The number of hydrogen-bond acceptors (Lipinski definition) is 1. The average molecular weight is 252 g/mol. The van der Waals surface area contributed by atoms with Crippen LogP contribution in [0.4, 0.5) is 0 Å². The predicted molar refractivity (Wildman–Crippen MR) is 34.8 cm³/mol. The molecule has 3 heteroatoms. The fourth-order valence-corrected chi connectivity index (χ4v) is 0.529.